The molecule has 0 aromatic carbocycles. The molecule has 62 valence electrons. The molecule has 0 heterocycles. The lowest BCUT2D eigenvalue weighted by Gasteiger charge is -2.13. The topological polar surface area (TPSA) is 17.1 Å². The van der Waals surface area contributed by atoms with Crippen molar-refractivity contribution in [2.45, 2.75) is 32.1 Å². The smallest absolute Gasteiger partial charge is 0.263 e. The fraction of sp³-hybridized carbons (Fsp3) is 0.625. The second-order valence-corrected chi connectivity index (χ2v) is 3.47. The highest BCUT2D eigenvalue weighted by Crippen LogP contribution is 2.28. The molecule has 0 amide bonds. The summed E-state index contributed by atoms with van der Waals surface area (Å²) in [5, 5.41) is -0.255. The Bertz CT molecular complexity index is 188. The van der Waals surface area contributed by atoms with Gasteiger partial charge in [0.25, 0.3) is 5.24 Å². The highest BCUT2D eigenvalue weighted by Gasteiger charge is 2.13. The number of hydrogen-bond donors (Lipinski definition) is 0. The fourth-order valence-electron chi connectivity index (χ4n) is 1.34. The first-order chi connectivity index (χ1) is 5.22. The van der Waals surface area contributed by atoms with Gasteiger partial charge in [0, 0.05) is 0 Å². The van der Waals surface area contributed by atoms with Crippen LogP contribution in [-0.4, -0.2) is 5.24 Å². The van der Waals surface area contributed by atoms with Gasteiger partial charge in [-0.15, -0.1) is 0 Å². The van der Waals surface area contributed by atoms with Crippen LogP contribution in [0.1, 0.15) is 32.1 Å². The lowest BCUT2D eigenvalue weighted by molar-refractivity contribution is -0.108. The van der Waals surface area contributed by atoms with Gasteiger partial charge in [-0.25, -0.2) is 0 Å². The molecule has 0 spiro atoms. The Morgan fingerprint density at radius 3 is 2.09 bits per heavy atom. The maximum absolute atomic E-state index is 10.6. The van der Waals surface area contributed by atoms with E-state index >= 15 is 0 Å². The van der Waals surface area contributed by atoms with Crippen LogP contribution in [-0.2, 0) is 4.79 Å². The van der Waals surface area contributed by atoms with E-state index in [0.29, 0.717) is 0 Å². The molecule has 0 unspecified atom stereocenters. The van der Waals surface area contributed by atoms with E-state index in [1.165, 1.54) is 6.42 Å². The van der Waals surface area contributed by atoms with Crippen LogP contribution in [0, 0.1) is 0 Å². The maximum Gasteiger partial charge on any atom is 0.263 e. The van der Waals surface area contributed by atoms with Crippen molar-refractivity contribution in [1.82, 2.24) is 0 Å². The number of hydrogen-bond acceptors (Lipinski definition) is 1. The van der Waals surface area contributed by atoms with Gasteiger partial charge in [-0.3, -0.25) is 4.79 Å². The van der Waals surface area contributed by atoms with Crippen LogP contribution in [0.2, 0.25) is 0 Å². The molecule has 1 fully saturated rings. The summed E-state index contributed by atoms with van der Waals surface area (Å²) in [5.41, 5.74) is 1.04. The molecule has 0 saturated heterocycles. The quantitative estimate of drug-likeness (QED) is 0.461. The number of allylic oxidation sites excluding steroid dienone is 2. The van der Waals surface area contributed by atoms with E-state index in [9.17, 15) is 4.79 Å². The average Bonchev–Trinajstić information content (AvgIpc) is 2.05. The molecule has 11 heavy (non-hydrogen) atoms. The van der Waals surface area contributed by atoms with Crippen LogP contribution < -0.4 is 0 Å². The van der Waals surface area contributed by atoms with Crippen molar-refractivity contribution >= 4 is 28.4 Å². The van der Waals surface area contributed by atoms with Crippen LogP contribution in [0.25, 0.3) is 0 Å². The minimum atomic E-state index is -0.511. The van der Waals surface area contributed by atoms with Gasteiger partial charge in [0.1, 0.15) is 0 Å². The summed E-state index contributed by atoms with van der Waals surface area (Å²) < 4.78 is 0. The number of carbonyl (C=O) groups is 1. The monoisotopic (exact) mass is 192 g/mol. The van der Waals surface area contributed by atoms with Gasteiger partial charge in [-0.2, -0.15) is 0 Å². The first-order valence-electron chi connectivity index (χ1n) is 3.79. The van der Waals surface area contributed by atoms with E-state index in [2.05, 4.69) is 0 Å². The van der Waals surface area contributed by atoms with Crippen molar-refractivity contribution in [3.05, 3.63) is 10.6 Å². The lowest BCUT2D eigenvalue weighted by Crippen LogP contribution is -1.99. The molecule has 0 aliphatic heterocycles. The zero-order valence-corrected chi connectivity index (χ0v) is 7.71. The molecule has 3 heteroatoms. The lowest BCUT2D eigenvalue weighted by atomic mass is 9.95. The largest absolute Gasteiger partial charge is 0.275 e. The van der Waals surface area contributed by atoms with Crippen molar-refractivity contribution in [1.29, 1.82) is 0 Å². The van der Waals surface area contributed by atoms with Crippen LogP contribution >= 0.6 is 23.2 Å². The van der Waals surface area contributed by atoms with Crippen molar-refractivity contribution in [3.8, 4) is 0 Å². The summed E-state index contributed by atoms with van der Waals surface area (Å²) in [6.07, 6.45) is 5.39. The Balaban J connectivity index is 2.68. The summed E-state index contributed by atoms with van der Waals surface area (Å²) in [5.74, 6) is 0. The minimum Gasteiger partial charge on any atom is -0.275 e. The predicted molar refractivity (Wildman–Crippen MR) is 46.8 cm³/mol. The second kappa shape index (κ2) is 4.13. The third kappa shape index (κ3) is 2.49. The van der Waals surface area contributed by atoms with Crippen molar-refractivity contribution in [2.75, 3.05) is 0 Å². The van der Waals surface area contributed by atoms with Gasteiger partial charge in [0.2, 0.25) is 0 Å². The zero-order chi connectivity index (χ0) is 8.27. The molecular formula is C8H10Cl2O. The summed E-state index contributed by atoms with van der Waals surface area (Å²) in [7, 11) is 0. The summed E-state index contributed by atoms with van der Waals surface area (Å²) in [6, 6.07) is 0. The molecule has 1 aliphatic carbocycles. The molecule has 1 nitrogen and oxygen atoms in total. The maximum atomic E-state index is 10.6. The molecule has 0 bridgehead atoms. The Morgan fingerprint density at radius 1 is 1.09 bits per heavy atom. The molecule has 0 aromatic rings. The predicted octanol–water partition coefficient (Wildman–Crippen LogP) is 3.21. The Kier molecular flexibility index (Phi) is 3.41. The van der Waals surface area contributed by atoms with E-state index in [4.69, 9.17) is 23.2 Å². The van der Waals surface area contributed by atoms with E-state index < -0.39 is 5.24 Å². The second-order valence-electron chi connectivity index (χ2n) is 2.75. The Morgan fingerprint density at radius 2 is 1.64 bits per heavy atom. The number of halogens is 2. The van der Waals surface area contributed by atoms with E-state index in [1.54, 1.807) is 0 Å². The fourth-order valence-corrected chi connectivity index (χ4v) is 1.66. The third-order valence-corrected chi connectivity index (χ3v) is 2.66. The molecule has 0 atom stereocenters. The summed E-state index contributed by atoms with van der Waals surface area (Å²) in [4.78, 5) is 10.6. The van der Waals surface area contributed by atoms with Crippen LogP contribution in [0.4, 0.5) is 0 Å². The summed E-state index contributed by atoms with van der Waals surface area (Å²) >= 11 is 10.9. The molecular weight excluding hydrogens is 183 g/mol. The normalized spacial score (nSPS) is 18.2. The van der Waals surface area contributed by atoms with Crippen molar-refractivity contribution in [3.63, 3.8) is 0 Å². The van der Waals surface area contributed by atoms with Gasteiger partial charge in [-0.1, -0.05) is 18.0 Å². The third-order valence-electron chi connectivity index (χ3n) is 1.94. The Hall–Kier alpha value is -0.0100. The SMILES string of the molecule is O=C(Cl)C(Cl)=C1CCCCC1. The standard InChI is InChI=1S/C8H10Cl2O/c9-7(8(10)11)6-4-2-1-3-5-6/h1-5H2. The molecule has 0 N–H and O–H groups in total. The average molecular weight is 193 g/mol. The molecule has 1 saturated carbocycles. The highest BCUT2D eigenvalue weighted by atomic mass is 35.5. The number of rotatable bonds is 1. The molecule has 1 rings (SSSR count). The molecule has 0 radical (unpaired) electrons. The minimum absolute atomic E-state index is 0.256. The van der Waals surface area contributed by atoms with Gasteiger partial charge >= 0.3 is 0 Å². The van der Waals surface area contributed by atoms with Crippen molar-refractivity contribution < 1.29 is 4.79 Å². The van der Waals surface area contributed by atoms with Crippen molar-refractivity contribution in [2.24, 2.45) is 0 Å². The first kappa shape index (κ1) is 9.08. The highest BCUT2D eigenvalue weighted by molar-refractivity contribution is 6.74. The van der Waals surface area contributed by atoms with Gasteiger partial charge in [0.05, 0.1) is 5.03 Å². The van der Waals surface area contributed by atoms with Crippen LogP contribution in [0.5, 0.6) is 0 Å². The first-order valence-corrected chi connectivity index (χ1v) is 4.55. The van der Waals surface area contributed by atoms with E-state index in [0.717, 1.165) is 31.3 Å². The van der Waals surface area contributed by atoms with Crippen LogP contribution in [0.3, 0.4) is 0 Å². The van der Waals surface area contributed by atoms with E-state index in [-0.39, 0.29) is 5.03 Å². The molecule has 0 aromatic heterocycles. The van der Waals surface area contributed by atoms with E-state index in [1.807, 2.05) is 0 Å². The van der Waals surface area contributed by atoms with Gasteiger partial charge < -0.3 is 0 Å². The summed E-state index contributed by atoms with van der Waals surface area (Å²) in [6.45, 7) is 0. The van der Waals surface area contributed by atoms with Crippen LogP contribution in [0.15, 0.2) is 10.6 Å². The zero-order valence-electron chi connectivity index (χ0n) is 6.20. The van der Waals surface area contributed by atoms with Gasteiger partial charge in [0.15, 0.2) is 0 Å². The Labute approximate surface area is 76.4 Å². The molecule has 1 aliphatic rings. The van der Waals surface area contributed by atoms with Gasteiger partial charge in [-0.05, 0) is 42.9 Å². The number of carbonyl (C=O) groups excluding carboxylic acids is 1.